The second-order valence-electron chi connectivity index (χ2n) is 4.81. The Morgan fingerprint density at radius 3 is 2.25 bits per heavy atom. The molecular formula is C10H19NO4S. The van der Waals surface area contributed by atoms with Crippen molar-refractivity contribution in [2.24, 2.45) is 5.92 Å². The first-order valence-electron chi connectivity index (χ1n) is 5.46. The third-order valence-corrected chi connectivity index (χ3v) is 4.59. The number of hydrogen-bond donors (Lipinski definition) is 2. The second-order valence-corrected chi connectivity index (χ2v) is 7.12. The van der Waals surface area contributed by atoms with Gasteiger partial charge in [-0.15, -0.1) is 0 Å². The number of aliphatic carboxylic acids is 1. The molecule has 0 aromatic rings. The van der Waals surface area contributed by atoms with E-state index in [1.165, 1.54) is 0 Å². The van der Waals surface area contributed by atoms with Gasteiger partial charge in [-0.2, -0.15) is 0 Å². The first-order valence-corrected chi connectivity index (χ1v) is 7.28. The number of carboxylic acid groups (broad SMARTS) is 1. The third-order valence-electron chi connectivity index (χ3n) is 2.94. The minimum Gasteiger partial charge on any atom is -0.480 e. The molecule has 0 aromatic heterocycles. The molecule has 1 rings (SSSR count). The van der Waals surface area contributed by atoms with E-state index in [2.05, 4.69) is 5.32 Å². The molecular weight excluding hydrogens is 230 g/mol. The van der Waals surface area contributed by atoms with Gasteiger partial charge in [0.2, 0.25) is 0 Å². The van der Waals surface area contributed by atoms with Crippen molar-refractivity contribution in [3.05, 3.63) is 0 Å². The summed E-state index contributed by atoms with van der Waals surface area (Å²) >= 11 is 0. The predicted molar refractivity (Wildman–Crippen MR) is 61.1 cm³/mol. The fraction of sp³-hybridized carbons (Fsp3) is 0.900. The van der Waals surface area contributed by atoms with Crippen molar-refractivity contribution < 1.29 is 18.3 Å². The maximum Gasteiger partial charge on any atom is 0.323 e. The monoisotopic (exact) mass is 249 g/mol. The highest BCUT2D eigenvalue weighted by Crippen LogP contribution is 2.24. The highest BCUT2D eigenvalue weighted by atomic mass is 32.2. The van der Waals surface area contributed by atoms with Crippen LogP contribution >= 0.6 is 0 Å². The van der Waals surface area contributed by atoms with Gasteiger partial charge >= 0.3 is 5.97 Å². The molecule has 0 atom stereocenters. The molecule has 0 spiro atoms. The molecule has 5 nitrogen and oxygen atoms in total. The zero-order valence-electron chi connectivity index (χ0n) is 9.69. The molecule has 0 unspecified atom stereocenters. The number of rotatable bonds is 4. The van der Waals surface area contributed by atoms with Crippen molar-refractivity contribution in [3.63, 3.8) is 0 Å². The van der Waals surface area contributed by atoms with Crippen LogP contribution in [0.5, 0.6) is 0 Å². The van der Waals surface area contributed by atoms with Crippen LogP contribution in [0, 0.1) is 5.92 Å². The first-order chi connectivity index (χ1) is 7.27. The van der Waals surface area contributed by atoms with E-state index >= 15 is 0 Å². The summed E-state index contributed by atoms with van der Waals surface area (Å²) in [5.41, 5.74) is -1.05. The summed E-state index contributed by atoms with van der Waals surface area (Å²) in [4.78, 5) is 11.2. The van der Waals surface area contributed by atoms with Gasteiger partial charge in [-0.1, -0.05) is 13.8 Å². The van der Waals surface area contributed by atoms with E-state index in [1.807, 2.05) is 13.8 Å². The number of carboxylic acids is 1. The largest absolute Gasteiger partial charge is 0.480 e. The first kappa shape index (κ1) is 13.4. The summed E-state index contributed by atoms with van der Waals surface area (Å²) in [6, 6.07) is 0. The lowest BCUT2D eigenvalue weighted by Gasteiger charge is -2.34. The van der Waals surface area contributed by atoms with Crippen LogP contribution in [0.25, 0.3) is 0 Å². The maximum atomic E-state index is 11.3. The molecule has 16 heavy (non-hydrogen) atoms. The molecule has 0 amide bonds. The Bertz CT molecular complexity index is 347. The van der Waals surface area contributed by atoms with E-state index in [9.17, 15) is 18.3 Å². The van der Waals surface area contributed by atoms with Gasteiger partial charge in [0.1, 0.15) is 15.4 Å². The Morgan fingerprint density at radius 1 is 1.38 bits per heavy atom. The molecule has 0 bridgehead atoms. The predicted octanol–water partition coefficient (Wildman–Crippen LogP) is 0.264. The lowest BCUT2D eigenvalue weighted by molar-refractivity contribution is -0.145. The van der Waals surface area contributed by atoms with Gasteiger partial charge in [-0.25, -0.2) is 8.42 Å². The Labute approximate surface area is 96.1 Å². The molecule has 1 heterocycles. The molecule has 1 aliphatic rings. The smallest absolute Gasteiger partial charge is 0.323 e. The lowest BCUT2D eigenvalue weighted by Crippen LogP contribution is -2.57. The molecule has 0 aromatic carbocycles. The SMILES string of the molecule is CC(C)CNC1(C(=O)O)CCS(=O)(=O)CC1. The number of hydrogen-bond acceptors (Lipinski definition) is 4. The Hall–Kier alpha value is -0.620. The van der Waals surface area contributed by atoms with Crippen molar-refractivity contribution in [1.29, 1.82) is 0 Å². The molecule has 6 heteroatoms. The van der Waals surface area contributed by atoms with Crippen LogP contribution < -0.4 is 5.32 Å². The topological polar surface area (TPSA) is 83.5 Å². The summed E-state index contributed by atoms with van der Waals surface area (Å²) in [5, 5.41) is 12.2. The summed E-state index contributed by atoms with van der Waals surface area (Å²) < 4.78 is 22.6. The normalized spacial score (nSPS) is 23.2. The molecule has 2 N–H and O–H groups in total. The lowest BCUT2D eigenvalue weighted by atomic mass is 9.92. The van der Waals surface area contributed by atoms with Crippen LogP contribution in [0.1, 0.15) is 26.7 Å². The number of carbonyl (C=O) groups is 1. The average Bonchev–Trinajstić information content (AvgIpc) is 2.16. The van der Waals surface area contributed by atoms with Gasteiger partial charge in [-0.05, 0) is 25.3 Å². The standard InChI is InChI=1S/C10H19NO4S/c1-8(2)7-11-10(9(12)13)3-5-16(14,15)6-4-10/h8,11H,3-7H2,1-2H3,(H,12,13). The van der Waals surface area contributed by atoms with E-state index in [-0.39, 0.29) is 24.3 Å². The Morgan fingerprint density at radius 2 is 1.88 bits per heavy atom. The Kier molecular flexibility index (Phi) is 3.96. The van der Waals surface area contributed by atoms with Crippen LogP contribution in [-0.4, -0.2) is 43.1 Å². The molecule has 1 saturated heterocycles. The van der Waals surface area contributed by atoms with Crippen LogP contribution in [0.4, 0.5) is 0 Å². The van der Waals surface area contributed by atoms with E-state index in [4.69, 9.17) is 0 Å². The quantitative estimate of drug-likeness (QED) is 0.747. The molecule has 0 aliphatic carbocycles. The molecule has 0 radical (unpaired) electrons. The molecule has 1 aliphatic heterocycles. The van der Waals surface area contributed by atoms with Crippen molar-refractivity contribution in [2.75, 3.05) is 18.1 Å². The van der Waals surface area contributed by atoms with Gasteiger partial charge in [-0.3, -0.25) is 4.79 Å². The van der Waals surface area contributed by atoms with E-state index in [0.29, 0.717) is 12.5 Å². The van der Waals surface area contributed by atoms with Gasteiger partial charge < -0.3 is 10.4 Å². The van der Waals surface area contributed by atoms with Crippen LogP contribution in [-0.2, 0) is 14.6 Å². The van der Waals surface area contributed by atoms with Crippen LogP contribution in [0.3, 0.4) is 0 Å². The van der Waals surface area contributed by atoms with Crippen LogP contribution in [0.15, 0.2) is 0 Å². The minimum absolute atomic E-state index is 0.0373. The second kappa shape index (κ2) is 4.71. The van der Waals surface area contributed by atoms with Gasteiger partial charge in [0, 0.05) is 0 Å². The average molecular weight is 249 g/mol. The van der Waals surface area contributed by atoms with Gasteiger partial charge in [0.25, 0.3) is 0 Å². The molecule has 94 valence electrons. The fourth-order valence-corrected chi connectivity index (χ4v) is 3.28. The van der Waals surface area contributed by atoms with Crippen molar-refractivity contribution in [3.8, 4) is 0 Å². The zero-order valence-corrected chi connectivity index (χ0v) is 10.5. The highest BCUT2D eigenvalue weighted by Gasteiger charge is 2.43. The maximum absolute atomic E-state index is 11.3. The summed E-state index contributed by atoms with van der Waals surface area (Å²) in [6.07, 6.45) is 0.328. The highest BCUT2D eigenvalue weighted by molar-refractivity contribution is 7.91. The van der Waals surface area contributed by atoms with E-state index in [1.54, 1.807) is 0 Å². The number of sulfone groups is 1. The fourth-order valence-electron chi connectivity index (χ4n) is 1.75. The van der Waals surface area contributed by atoms with E-state index in [0.717, 1.165) is 0 Å². The van der Waals surface area contributed by atoms with Crippen molar-refractivity contribution >= 4 is 15.8 Å². The summed E-state index contributed by atoms with van der Waals surface area (Å²) in [7, 11) is -3.03. The third kappa shape index (κ3) is 3.18. The van der Waals surface area contributed by atoms with Gasteiger partial charge in [0.15, 0.2) is 0 Å². The van der Waals surface area contributed by atoms with Crippen molar-refractivity contribution in [1.82, 2.24) is 5.32 Å². The van der Waals surface area contributed by atoms with E-state index < -0.39 is 21.3 Å². The summed E-state index contributed by atoms with van der Waals surface area (Å²) in [6.45, 7) is 4.57. The van der Waals surface area contributed by atoms with Crippen LogP contribution in [0.2, 0.25) is 0 Å². The minimum atomic E-state index is -3.03. The zero-order chi connectivity index (χ0) is 12.4. The summed E-state index contributed by atoms with van der Waals surface area (Å²) in [5.74, 6) is -0.674. The molecule has 0 saturated carbocycles. The van der Waals surface area contributed by atoms with Crippen molar-refractivity contribution in [2.45, 2.75) is 32.2 Å². The van der Waals surface area contributed by atoms with Gasteiger partial charge in [0.05, 0.1) is 11.5 Å². The number of nitrogens with one attached hydrogen (secondary N) is 1. The molecule has 1 fully saturated rings. The Balaban J connectivity index is 2.73.